The third-order valence-corrected chi connectivity index (χ3v) is 6.05. The van der Waals surface area contributed by atoms with E-state index in [9.17, 15) is 8.78 Å². The molecule has 4 aromatic rings. The number of halogens is 2. The second kappa shape index (κ2) is 9.55. The Balaban J connectivity index is 1.23. The Morgan fingerprint density at radius 2 is 1.45 bits per heavy atom. The second-order valence-electron chi connectivity index (χ2n) is 8.18. The molecule has 0 amide bonds. The van der Waals surface area contributed by atoms with Gasteiger partial charge in [0.1, 0.15) is 29.8 Å². The first kappa shape index (κ1) is 21.3. The van der Waals surface area contributed by atoms with Crippen molar-refractivity contribution >= 4 is 16.7 Å². The molecule has 1 aliphatic rings. The Hall–Kier alpha value is -3.51. The number of fused-ring (bicyclic) bond motifs is 1. The molecule has 5 rings (SSSR count). The van der Waals surface area contributed by atoms with Crippen LogP contribution in [0.1, 0.15) is 0 Å². The molecule has 0 aliphatic carbocycles. The first-order valence-corrected chi connectivity index (χ1v) is 11.2. The molecular formula is C27H25F2N3O. The van der Waals surface area contributed by atoms with Crippen molar-refractivity contribution in [3.05, 3.63) is 90.5 Å². The molecule has 0 saturated carbocycles. The van der Waals surface area contributed by atoms with E-state index in [2.05, 4.69) is 28.0 Å². The number of pyridine rings is 1. The Labute approximate surface area is 192 Å². The highest BCUT2D eigenvalue weighted by molar-refractivity contribution is 5.94. The van der Waals surface area contributed by atoms with Crippen LogP contribution in [-0.2, 0) is 0 Å². The minimum atomic E-state index is -0.259. The fraction of sp³-hybridized carbons (Fsp3) is 0.222. The van der Waals surface area contributed by atoms with Crippen LogP contribution in [0.15, 0.2) is 78.9 Å². The minimum Gasteiger partial charge on any atom is -0.492 e. The summed E-state index contributed by atoms with van der Waals surface area (Å²) in [5.41, 5.74) is 2.89. The number of aromatic nitrogens is 1. The van der Waals surface area contributed by atoms with Crippen molar-refractivity contribution in [3.63, 3.8) is 0 Å². The number of hydrogen-bond acceptors (Lipinski definition) is 4. The van der Waals surface area contributed by atoms with Gasteiger partial charge in [-0.25, -0.2) is 13.8 Å². The largest absolute Gasteiger partial charge is 0.492 e. The molecule has 4 nitrogen and oxygen atoms in total. The summed E-state index contributed by atoms with van der Waals surface area (Å²) in [5, 5.41) is 1.07. The zero-order valence-electron chi connectivity index (χ0n) is 18.3. The second-order valence-corrected chi connectivity index (χ2v) is 8.18. The fourth-order valence-corrected chi connectivity index (χ4v) is 4.20. The highest BCUT2D eigenvalue weighted by Gasteiger charge is 2.18. The third kappa shape index (κ3) is 4.96. The zero-order chi connectivity index (χ0) is 22.6. The number of nitrogens with zero attached hydrogens (tertiary/aromatic N) is 3. The summed E-state index contributed by atoms with van der Waals surface area (Å²) in [6.07, 6.45) is 0. The van der Waals surface area contributed by atoms with Crippen molar-refractivity contribution in [2.45, 2.75) is 0 Å². The van der Waals surface area contributed by atoms with E-state index in [0.29, 0.717) is 12.4 Å². The van der Waals surface area contributed by atoms with Gasteiger partial charge in [-0.1, -0.05) is 30.3 Å². The van der Waals surface area contributed by atoms with E-state index in [1.54, 1.807) is 24.3 Å². The molecule has 3 aromatic carbocycles. The summed E-state index contributed by atoms with van der Waals surface area (Å²) in [4.78, 5) is 9.66. The van der Waals surface area contributed by atoms with Crippen LogP contribution in [0.5, 0.6) is 5.75 Å². The van der Waals surface area contributed by atoms with E-state index in [-0.39, 0.29) is 11.6 Å². The number of rotatable bonds is 6. The Morgan fingerprint density at radius 1 is 0.758 bits per heavy atom. The first-order chi connectivity index (χ1) is 16.2. The molecule has 0 unspecified atom stereocenters. The number of benzene rings is 3. The number of para-hydroxylation sites is 1. The van der Waals surface area contributed by atoms with Crippen LogP contribution in [0, 0.1) is 11.6 Å². The van der Waals surface area contributed by atoms with Gasteiger partial charge in [0.25, 0.3) is 0 Å². The van der Waals surface area contributed by atoms with E-state index >= 15 is 0 Å². The SMILES string of the molecule is Fc1ccc(OCCN2CCN(c3ccc4cccc(-c5ccc(F)cc5)c4n3)CC2)cc1. The molecule has 0 atom stereocenters. The summed E-state index contributed by atoms with van der Waals surface area (Å²) in [7, 11) is 0. The van der Waals surface area contributed by atoms with Crippen LogP contribution in [-0.4, -0.2) is 49.2 Å². The third-order valence-electron chi connectivity index (χ3n) is 6.05. The van der Waals surface area contributed by atoms with E-state index in [1.165, 1.54) is 24.3 Å². The standard InChI is InChI=1S/C27H25F2N3O/c28-22-7-4-20(5-8-22)25-3-1-2-21-6-13-26(30-27(21)25)32-16-14-31(15-17-32)18-19-33-24-11-9-23(29)10-12-24/h1-13H,14-19H2. The Bertz CT molecular complexity index is 1220. The van der Waals surface area contributed by atoms with Gasteiger partial charge in [-0.15, -0.1) is 0 Å². The highest BCUT2D eigenvalue weighted by Crippen LogP contribution is 2.29. The van der Waals surface area contributed by atoms with Crippen molar-refractivity contribution in [2.75, 3.05) is 44.2 Å². The molecule has 1 aromatic heterocycles. The molecule has 1 aliphatic heterocycles. The van der Waals surface area contributed by atoms with Gasteiger partial charge in [-0.2, -0.15) is 0 Å². The molecule has 33 heavy (non-hydrogen) atoms. The van der Waals surface area contributed by atoms with Crippen LogP contribution in [0.4, 0.5) is 14.6 Å². The van der Waals surface area contributed by atoms with Crippen molar-refractivity contribution in [1.29, 1.82) is 0 Å². The van der Waals surface area contributed by atoms with Crippen molar-refractivity contribution in [3.8, 4) is 16.9 Å². The zero-order valence-corrected chi connectivity index (χ0v) is 18.3. The van der Waals surface area contributed by atoms with Crippen molar-refractivity contribution in [1.82, 2.24) is 9.88 Å². The molecule has 0 N–H and O–H groups in total. The molecule has 1 fully saturated rings. The van der Waals surface area contributed by atoms with Gasteiger partial charge in [-0.05, 0) is 54.1 Å². The molecule has 168 valence electrons. The molecule has 2 heterocycles. The topological polar surface area (TPSA) is 28.6 Å². The van der Waals surface area contributed by atoms with E-state index in [4.69, 9.17) is 9.72 Å². The first-order valence-electron chi connectivity index (χ1n) is 11.2. The maximum absolute atomic E-state index is 13.4. The average Bonchev–Trinajstić information content (AvgIpc) is 2.86. The summed E-state index contributed by atoms with van der Waals surface area (Å²) in [5.74, 6) is 1.14. The smallest absolute Gasteiger partial charge is 0.129 e. The Kier molecular flexibility index (Phi) is 6.17. The molecule has 6 heteroatoms. The average molecular weight is 446 g/mol. The van der Waals surface area contributed by atoms with Crippen LogP contribution in [0.2, 0.25) is 0 Å². The van der Waals surface area contributed by atoms with E-state index in [0.717, 1.165) is 60.6 Å². The number of ether oxygens (including phenoxy) is 1. The van der Waals surface area contributed by atoms with Crippen molar-refractivity contribution < 1.29 is 13.5 Å². The molecule has 0 radical (unpaired) electrons. The number of hydrogen-bond donors (Lipinski definition) is 0. The van der Waals surface area contributed by atoms with Gasteiger partial charge in [0.2, 0.25) is 0 Å². The minimum absolute atomic E-state index is 0.242. The van der Waals surface area contributed by atoms with Gasteiger partial charge in [0, 0.05) is 43.7 Å². The molecular weight excluding hydrogens is 420 g/mol. The van der Waals surface area contributed by atoms with Gasteiger partial charge in [0.05, 0.1) is 5.52 Å². The maximum atomic E-state index is 13.4. The lowest BCUT2D eigenvalue weighted by Gasteiger charge is -2.35. The monoisotopic (exact) mass is 445 g/mol. The summed E-state index contributed by atoms with van der Waals surface area (Å²) >= 11 is 0. The summed E-state index contributed by atoms with van der Waals surface area (Å²) in [6, 6.07) is 23.0. The van der Waals surface area contributed by atoms with Crippen LogP contribution in [0.25, 0.3) is 22.0 Å². The molecule has 1 saturated heterocycles. The van der Waals surface area contributed by atoms with Crippen molar-refractivity contribution in [2.24, 2.45) is 0 Å². The quantitative estimate of drug-likeness (QED) is 0.398. The van der Waals surface area contributed by atoms with Gasteiger partial charge in [-0.3, -0.25) is 4.90 Å². The normalized spacial score (nSPS) is 14.5. The van der Waals surface area contributed by atoms with Gasteiger partial charge < -0.3 is 9.64 Å². The van der Waals surface area contributed by atoms with E-state index in [1.807, 2.05) is 12.1 Å². The lowest BCUT2D eigenvalue weighted by molar-refractivity contribution is 0.200. The summed E-state index contributed by atoms with van der Waals surface area (Å²) < 4.78 is 32.1. The Morgan fingerprint density at radius 3 is 2.18 bits per heavy atom. The van der Waals surface area contributed by atoms with Gasteiger partial charge >= 0.3 is 0 Å². The number of piperazine rings is 1. The maximum Gasteiger partial charge on any atom is 0.129 e. The fourth-order valence-electron chi connectivity index (χ4n) is 4.20. The van der Waals surface area contributed by atoms with Crippen LogP contribution in [0.3, 0.4) is 0 Å². The lowest BCUT2D eigenvalue weighted by Crippen LogP contribution is -2.47. The van der Waals surface area contributed by atoms with Gasteiger partial charge in [0.15, 0.2) is 0 Å². The molecule has 0 bridgehead atoms. The lowest BCUT2D eigenvalue weighted by atomic mass is 10.0. The number of anilines is 1. The van der Waals surface area contributed by atoms with Crippen LogP contribution < -0.4 is 9.64 Å². The predicted octanol–water partition coefficient (Wildman–Crippen LogP) is 5.38. The van der Waals surface area contributed by atoms with Crippen LogP contribution >= 0.6 is 0 Å². The predicted molar refractivity (Wildman–Crippen MR) is 128 cm³/mol. The summed E-state index contributed by atoms with van der Waals surface area (Å²) in [6.45, 7) is 5.01. The highest BCUT2D eigenvalue weighted by atomic mass is 19.1. The van der Waals surface area contributed by atoms with E-state index < -0.39 is 0 Å². The molecule has 0 spiro atoms.